The van der Waals surface area contributed by atoms with Crippen molar-refractivity contribution < 1.29 is 4.79 Å². The van der Waals surface area contributed by atoms with Gasteiger partial charge in [-0.1, -0.05) is 37.5 Å². The lowest BCUT2D eigenvalue weighted by Gasteiger charge is -2.20. The second-order valence-corrected chi connectivity index (χ2v) is 6.17. The van der Waals surface area contributed by atoms with Gasteiger partial charge in [-0.3, -0.25) is 14.4 Å². The zero-order valence-electron chi connectivity index (χ0n) is 12.6. The lowest BCUT2D eigenvalue weighted by atomic mass is 9.93. The molecule has 21 heavy (non-hydrogen) atoms. The highest BCUT2D eigenvalue weighted by Gasteiger charge is 2.20. The third-order valence-electron chi connectivity index (χ3n) is 4.58. The van der Waals surface area contributed by atoms with E-state index in [1.54, 1.807) is 4.57 Å². The minimum atomic E-state index is 0.114. The maximum absolute atomic E-state index is 12.7. The molecule has 2 aliphatic rings. The van der Waals surface area contributed by atoms with Crippen molar-refractivity contribution in [2.24, 2.45) is 10.9 Å². The quantitative estimate of drug-likeness (QED) is 0.762. The van der Waals surface area contributed by atoms with E-state index in [1.807, 2.05) is 24.4 Å². The van der Waals surface area contributed by atoms with Gasteiger partial charge in [0.1, 0.15) is 5.49 Å². The van der Waals surface area contributed by atoms with E-state index in [2.05, 4.69) is 12.2 Å². The topological polar surface area (TPSA) is 34.4 Å². The van der Waals surface area contributed by atoms with E-state index in [0.717, 1.165) is 37.6 Å². The van der Waals surface area contributed by atoms with Gasteiger partial charge in [0.2, 0.25) is 5.91 Å². The fourth-order valence-corrected chi connectivity index (χ4v) is 3.34. The number of carbonyl (C=O) groups is 1. The van der Waals surface area contributed by atoms with Gasteiger partial charge in [-0.05, 0) is 44.2 Å². The van der Waals surface area contributed by atoms with Crippen LogP contribution in [0.5, 0.6) is 0 Å². The standard InChI is InChI=1S/C18H24N2O/c21-18(15-9-3-1-4-10-15)20-14-8-7-13-17(20)19-16-11-5-2-6-12-16/h1,3,7-8,13-16H,2,4-6,9-12H2. The van der Waals surface area contributed by atoms with E-state index in [9.17, 15) is 4.79 Å². The summed E-state index contributed by atoms with van der Waals surface area (Å²) in [5.41, 5.74) is 0.837. The van der Waals surface area contributed by atoms with Crippen LogP contribution >= 0.6 is 0 Å². The van der Waals surface area contributed by atoms with Crippen molar-refractivity contribution in [2.45, 2.75) is 57.4 Å². The fourth-order valence-electron chi connectivity index (χ4n) is 3.34. The molecule has 1 fully saturated rings. The van der Waals surface area contributed by atoms with Crippen molar-refractivity contribution in [2.75, 3.05) is 0 Å². The Morgan fingerprint density at radius 3 is 2.71 bits per heavy atom. The minimum Gasteiger partial charge on any atom is -0.274 e. The summed E-state index contributed by atoms with van der Waals surface area (Å²) in [6.07, 6.45) is 15.2. The number of carbonyl (C=O) groups excluding carboxylic acids is 1. The van der Waals surface area contributed by atoms with E-state index in [1.165, 1.54) is 19.3 Å². The van der Waals surface area contributed by atoms with Crippen LogP contribution in [-0.4, -0.2) is 16.5 Å². The second kappa shape index (κ2) is 6.88. The first kappa shape index (κ1) is 14.3. The van der Waals surface area contributed by atoms with Crippen LogP contribution in [0.1, 0.15) is 56.2 Å². The first-order valence-corrected chi connectivity index (χ1v) is 8.25. The minimum absolute atomic E-state index is 0.114. The number of nitrogens with zero attached hydrogens (tertiary/aromatic N) is 2. The summed E-state index contributed by atoms with van der Waals surface area (Å²) in [6.45, 7) is 0. The van der Waals surface area contributed by atoms with Crippen LogP contribution in [0.3, 0.4) is 0 Å². The highest BCUT2D eigenvalue weighted by atomic mass is 16.2. The molecule has 0 N–H and O–H groups in total. The maximum atomic E-state index is 12.7. The monoisotopic (exact) mass is 284 g/mol. The molecule has 112 valence electrons. The molecular weight excluding hydrogens is 260 g/mol. The summed E-state index contributed by atoms with van der Waals surface area (Å²) in [7, 11) is 0. The molecule has 0 radical (unpaired) electrons. The number of allylic oxidation sites excluding steroid dienone is 2. The van der Waals surface area contributed by atoms with Gasteiger partial charge >= 0.3 is 0 Å². The molecule has 1 atom stereocenters. The van der Waals surface area contributed by atoms with E-state index < -0.39 is 0 Å². The first-order valence-electron chi connectivity index (χ1n) is 8.25. The Hall–Kier alpha value is -1.64. The zero-order chi connectivity index (χ0) is 14.5. The van der Waals surface area contributed by atoms with Gasteiger partial charge in [0, 0.05) is 12.1 Å². The molecule has 1 aromatic heterocycles. The molecule has 3 rings (SSSR count). The third kappa shape index (κ3) is 3.52. The molecular formula is C18H24N2O. The summed E-state index contributed by atoms with van der Waals surface area (Å²) in [5, 5.41) is 0. The van der Waals surface area contributed by atoms with Gasteiger partial charge < -0.3 is 0 Å². The van der Waals surface area contributed by atoms with Crippen LogP contribution in [0.15, 0.2) is 41.5 Å². The van der Waals surface area contributed by atoms with Crippen molar-refractivity contribution in [3.8, 4) is 0 Å². The van der Waals surface area contributed by atoms with Crippen molar-refractivity contribution in [1.29, 1.82) is 0 Å². The summed E-state index contributed by atoms with van der Waals surface area (Å²) in [4.78, 5) is 17.6. The zero-order valence-corrected chi connectivity index (χ0v) is 12.6. The van der Waals surface area contributed by atoms with Crippen LogP contribution in [0.2, 0.25) is 0 Å². The Kier molecular flexibility index (Phi) is 4.69. The lowest BCUT2D eigenvalue weighted by molar-refractivity contribution is 0.0819. The largest absolute Gasteiger partial charge is 0.274 e. The van der Waals surface area contributed by atoms with Crippen LogP contribution in [0, 0.1) is 5.92 Å². The normalized spacial score (nSPS) is 24.2. The number of hydrogen-bond donors (Lipinski definition) is 0. The smallest absolute Gasteiger partial charge is 0.235 e. The summed E-state index contributed by atoms with van der Waals surface area (Å²) >= 11 is 0. The van der Waals surface area contributed by atoms with E-state index in [-0.39, 0.29) is 11.8 Å². The van der Waals surface area contributed by atoms with Gasteiger partial charge in [0.15, 0.2) is 0 Å². The first-order chi connectivity index (χ1) is 10.3. The van der Waals surface area contributed by atoms with E-state index in [0.29, 0.717) is 6.04 Å². The summed E-state index contributed by atoms with van der Waals surface area (Å²) in [5.74, 6) is 0.317. The van der Waals surface area contributed by atoms with Crippen molar-refractivity contribution >= 4 is 5.91 Å². The molecule has 1 saturated carbocycles. The average Bonchev–Trinajstić information content (AvgIpc) is 2.56. The Bertz CT molecular complexity index is 579. The number of hydrogen-bond acceptors (Lipinski definition) is 2. The second-order valence-electron chi connectivity index (χ2n) is 6.17. The average molecular weight is 284 g/mol. The molecule has 1 aromatic rings. The summed E-state index contributed by atoms with van der Waals surface area (Å²) < 4.78 is 1.78. The Labute approximate surface area is 126 Å². The third-order valence-corrected chi connectivity index (χ3v) is 4.58. The van der Waals surface area contributed by atoms with E-state index in [4.69, 9.17) is 4.99 Å². The molecule has 1 heterocycles. The van der Waals surface area contributed by atoms with Crippen LogP contribution in [0.4, 0.5) is 0 Å². The molecule has 0 saturated heterocycles. The highest BCUT2D eigenvalue weighted by molar-refractivity contribution is 5.81. The van der Waals surface area contributed by atoms with Crippen molar-refractivity contribution in [3.05, 3.63) is 42.0 Å². The van der Waals surface area contributed by atoms with Gasteiger partial charge in [0.25, 0.3) is 0 Å². The molecule has 3 nitrogen and oxygen atoms in total. The van der Waals surface area contributed by atoms with Crippen molar-refractivity contribution in [3.63, 3.8) is 0 Å². The fraction of sp³-hybridized carbons (Fsp3) is 0.556. The van der Waals surface area contributed by atoms with Gasteiger partial charge in [-0.15, -0.1) is 0 Å². The highest BCUT2D eigenvalue weighted by Crippen LogP contribution is 2.21. The molecule has 2 aliphatic carbocycles. The SMILES string of the molecule is O=C(C1CC=CCC1)n1ccccc1=NC1CCCCC1. The molecule has 1 unspecified atom stereocenters. The van der Waals surface area contributed by atoms with Gasteiger partial charge in [-0.2, -0.15) is 0 Å². The maximum Gasteiger partial charge on any atom is 0.235 e. The molecule has 0 bridgehead atoms. The lowest BCUT2D eigenvalue weighted by Crippen LogP contribution is -2.33. The Balaban J connectivity index is 1.86. The predicted octanol–water partition coefficient (Wildman–Crippen LogP) is 3.72. The molecule has 0 amide bonds. The van der Waals surface area contributed by atoms with Crippen LogP contribution in [-0.2, 0) is 0 Å². The van der Waals surface area contributed by atoms with Gasteiger partial charge in [0.05, 0.1) is 6.04 Å². The van der Waals surface area contributed by atoms with Crippen LogP contribution < -0.4 is 5.49 Å². The molecule has 3 heteroatoms. The number of rotatable bonds is 2. The summed E-state index contributed by atoms with van der Waals surface area (Å²) in [6, 6.07) is 6.28. The number of aromatic nitrogens is 1. The molecule has 0 aliphatic heterocycles. The Morgan fingerprint density at radius 1 is 1.10 bits per heavy atom. The van der Waals surface area contributed by atoms with Crippen LogP contribution in [0.25, 0.3) is 0 Å². The Morgan fingerprint density at radius 2 is 1.95 bits per heavy atom. The predicted molar refractivity (Wildman–Crippen MR) is 84.0 cm³/mol. The van der Waals surface area contributed by atoms with E-state index >= 15 is 0 Å². The van der Waals surface area contributed by atoms with Gasteiger partial charge in [-0.25, -0.2) is 0 Å². The molecule has 0 spiro atoms. The molecule has 0 aromatic carbocycles. The number of pyridine rings is 1. The van der Waals surface area contributed by atoms with Crippen molar-refractivity contribution in [1.82, 2.24) is 4.57 Å².